The molecular formula is C33H42N6O2. The largest absolute Gasteiger partial charge is 0.369 e. The molecule has 0 N–H and O–H groups in total. The molecule has 0 amide bonds. The van der Waals surface area contributed by atoms with Gasteiger partial charge in [0.2, 0.25) is 0 Å². The molecule has 6 rings (SSSR count). The van der Waals surface area contributed by atoms with E-state index in [1.165, 1.54) is 22.5 Å². The normalized spacial score (nSPS) is 20.6. The molecule has 8 heteroatoms. The van der Waals surface area contributed by atoms with Gasteiger partial charge < -0.3 is 18.8 Å². The van der Waals surface area contributed by atoms with Gasteiger partial charge >= 0.3 is 0 Å². The zero-order chi connectivity index (χ0) is 28.3. The number of piperazine rings is 2. The average Bonchev–Trinajstić information content (AvgIpc) is 3.60. The predicted molar refractivity (Wildman–Crippen MR) is 163 cm³/mol. The van der Waals surface area contributed by atoms with E-state index in [0.717, 1.165) is 81.7 Å². The molecule has 2 atom stereocenters. The molecule has 0 radical (unpaired) electrons. The van der Waals surface area contributed by atoms with E-state index in [1.807, 2.05) is 13.8 Å². The lowest BCUT2D eigenvalue weighted by molar-refractivity contribution is 0.0551. The monoisotopic (exact) mass is 554 g/mol. The molecule has 4 heterocycles. The molecule has 2 aliphatic heterocycles. The first-order valence-corrected chi connectivity index (χ1v) is 14.9. The number of rotatable bonds is 8. The van der Waals surface area contributed by atoms with E-state index in [0.29, 0.717) is 12.1 Å². The highest BCUT2D eigenvalue weighted by molar-refractivity contribution is 5.50. The van der Waals surface area contributed by atoms with Crippen LogP contribution < -0.4 is 9.80 Å². The summed E-state index contributed by atoms with van der Waals surface area (Å²) in [6.07, 6.45) is 0.884. The minimum absolute atomic E-state index is 0.314. The Hall–Kier alpha value is -3.62. The number of anilines is 2. The first kappa shape index (κ1) is 27.5. The second-order valence-electron chi connectivity index (χ2n) is 11.8. The highest BCUT2D eigenvalue weighted by Gasteiger charge is 2.39. The zero-order valence-electron chi connectivity index (χ0n) is 24.8. The van der Waals surface area contributed by atoms with Crippen LogP contribution in [0.1, 0.15) is 34.0 Å². The number of hydrogen-bond donors (Lipinski definition) is 0. The topological polar surface area (TPSA) is 65.0 Å². The van der Waals surface area contributed by atoms with Crippen molar-refractivity contribution in [3.05, 3.63) is 94.7 Å². The minimum atomic E-state index is 0.314. The van der Waals surface area contributed by atoms with Gasteiger partial charge in [0.1, 0.15) is 11.5 Å². The quantitative estimate of drug-likeness (QED) is 0.301. The molecule has 41 heavy (non-hydrogen) atoms. The summed E-state index contributed by atoms with van der Waals surface area (Å²) in [5, 5.41) is 8.66. The van der Waals surface area contributed by atoms with Crippen LogP contribution in [0.15, 0.2) is 69.7 Å². The zero-order valence-corrected chi connectivity index (χ0v) is 24.8. The standard InChI is InChI=1S/C33H42N6O2/c1-24-5-9-30(10-6-24)37-16-15-36(14-13-28-19-26(3)40-34-28)32(22-37)33-23-38(31-11-7-25(2)8-12-31)17-18-39(33)21-29-20-27(4)41-35-29/h5-12,19-20,32-33H,13-18,21-23H2,1-4H3. The molecule has 0 aliphatic carbocycles. The number of hydrogen-bond acceptors (Lipinski definition) is 8. The van der Waals surface area contributed by atoms with Gasteiger partial charge in [-0.2, -0.15) is 0 Å². The maximum absolute atomic E-state index is 5.46. The fourth-order valence-electron chi connectivity index (χ4n) is 6.37. The molecule has 8 nitrogen and oxygen atoms in total. The highest BCUT2D eigenvalue weighted by Crippen LogP contribution is 2.29. The van der Waals surface area contributed by atoms with Crippen molar-refractivity contribution < 1.29 is 9.05 Å². The third-order valence-corrected chi connectivity index (χ3v) is 8.68. The lowest BCUT2D eigenvalue weighted by atomic mass is 9.96. The molecule has 2 unspecified atom stereocenters. The van der Waals surface area contributed by atoms with Gasteiger partial charge in [-0.15, -0.1) is 0 Å². The maximum atomic E-state index is 5.46. The van der Waals surface area contributed by atoms with E-state index < -0.39 is 0 Å². The van der Waals surface area contributed by atoms with Gasteiger partial charge in [0, 0.05) is 94.4 Å². The second-order valence-corrected chi connectivity index (χ2v) is 11.8. The Bertz CT molecular complexity index is 1410. The Balaban J connectivity index is 1.30. The molecule has 0 saturated carbocycles. The summed E-state index contributed by atoms with van der Waals surface area (Å²) in [4.78, 5) is 10.5. The van der Waals surface area contributed by atoms with Gasteiger partial charge in [-0.1, -0.05) is 45.7 Å². The van der Waals surface area contributed by atoms with Gasteiger partial charge in [0.25, 0.3) is 0 Å². The Morgan fingerprint density at radius 2 is 1.12 bits per heavy atom. The van der Waals surface area contributed by atoms with Crippen LogP contribution in [0, 0.1) is 27.7 Å². The number of aryl methyl sites for hydroxylation is 4. The third-order valence-electron chi connectivity index (χ3n) is 8.68. The number of aromatic nitrogens is 2. The first-order valence-electron chi connectivity index (χ1n) is 14.9. The molecule has 4 aromatic rings. The van der Waals surface area contributed by atoms with E-state index in [4.69, 9.17) is 9.05 Å². The van der Waals surface area contributed by atoms with Crippen LogP contribution in [0.2, 0.25) is 0 Å². The molecule has 2 aliphatic rings. The molecule has 0 spiro atoms. The maximum Gasteiger partial charge on any atom is 0.133 e. The van der Waals surface area contributed by atoms with Crippen molar-refractivity contribution in [3.8, 4) is 0 Å². The van der Waals surface area contributed by atoms with E-state index in [9.17, 15) is 0 Å². The second kappa shape index (κ2) is 12.1. The van der Waals surface area contributed by atoms with Crippen molar-refractivity contribution in [1.82, 2.24) is 20.1 Å². The minimum Gasteiger partial charge on any atom is -0.369 e. The van der Waals surface area contributed by atoms with Crippen molar-refractivity contribution in [2.24, 2.45) is 0 Å². The van der Waals surface area contributed by atoms with Crippen LogP contribution in [0.25, 0.3) is 0 Å². The Labute approximate surface area is 243 Å². The molecule has 2 aromatic heterocycles. The van der Waals surface area contributed by atoms with Crippen molar-refractivity contribution in [2.75, 3.05) is 55.6 Å². The van der Waals surface area contributed by atoms with Gasteiger partial charge in [0.15, 0.2) is 0 Å². The van der Waals surface area contributed by atoms with Crippen LogP contribution in [0.4, 0.5) is 11.4 Å². The highest BCUT2D eigenvalue weighted by atomic mass is 16.5. The molecular weight excluding hydrogens is 512 g/mol. The molecule has 2 saturated heterocycles. The fourth-order valence-corrected chi connectivity index (χ4v) is 6.37. The van der Waals surface area contributed by atoms with E-state index >= 15 is 0 Å². The summed E-state index contributed by atoms with van der Waals surface area (Å²) in [5.41, 5.74) is 7.22. The summed E-state index contributed by atoms with van der Waals surface area (Å²) in [7, 11) is 0. The third kappa shape index (κ3) is 6.49. The van der Waals surface area contributed by atoms with Gasteiger partial charge in [-0.3, -0.25) is 9.80 Å². The van der Waals surface area contributed by atoms with Gasteiger partial charge in [-0.05, 0) is 52.0 Å². The van der Waals surface area contributed by atoms with Crippen LogP contribution in [0.3, 0.4) is 0 Å². The van der Waals surface area contributed by atoms with E-state index in [1.54, 1.807) is 0 Å². The number of nitrogens with zero attached hydrogens (tertiary/aromatic N) is 6. The fraction of sp³-hybridized carbons (Fsp3) is 0.455. The SMILES string of the molecule is Cc1ccc(N2CCN(CCc3cc(C)on3)C(C3CN(c4ccc(C)cc4)CCN3Cc3cc(C)on3)C2)cc1. The van der Waals surface area contributed by atoms with Gasteiger partial charge in [0.05, 0.1) is 11.4 Å². The summed E-state index contributed by atoms with van der Waals surface area (Å²) in [6.45, 7) is 15.9. The van der Waals surface area contributed by atoms with Crippen molar-refractivity contribution in [1.29, 1.82) is 0 Å². The van der Waals surface area contributed by atoms with Crippen LogP contribution in [0.5, 0.6) is 0 Å². The Morgan fingerprint density at radius 3 is 1.63 bits per heavy atom. The Kier molecular flexibility index (Phi) is 8.12. The summed E-state index contributed by atoms with van der Waals surface area (Å²) < 4.78 is 10.8. The average molecular weight is 555 g/mol. The van der Waals surface area contributed by atoms with E-state index in [-0.39, 0.29) is 0 Å². The van der Waals surface area contributed by atoms with Crippen molar-refractivity contribution in [2.45, 2.75) is 52.7 Å². The molecule has 216 valence electrons. The summed E-state index contributed by atoms with van der Waals surface area (Å²) >= 11 is 0. The van der Waals surface area contributed by atoms with Crippen LogP contribution in [-0.2, 0) is 13.0 Å². The lowest BCUT2D eigenvalue weighted by Gasteiger charge is -2.52. The summed E-state index contributed by atoms with van der Waals surface area (Å²) in [6, 6.07) is 22.8. The van der Waals surface area contributed by atoms with E-state index in [2.05, 4.69) is 104 Å². The number of benzene rings is 2. The molecule has 2 fully saturated rings. The first-order chi connectivity index (χ1) is 19.9. The van der Waals surface area contributed by atoms with Crippen LogP contribution >= 0.6 is 0 Å². The molecule has 2 aromatic carbocycles. The lowest BCUT2D eigenvalue weighted by Crippen LogP contribution is -2.66. The molecule has 0 bridgehead atoms. The van der Waals surface area contributed by atoms with Crippen molar-refractivity contribution in [3.63, 3.8) is 0 Å². The summed E-state index contributed by atoms with van der Waals surface area (Å²) in [5.74, 6) is 1.73. The van der Waals surface area contributed by atoms with Crippen molar-refractivity contribution >= 4 is 11.4 Å². The van der Waals surface area contributed by atoms with Crippen LogP contribution in [-0.4, -0.2) is 78.0 Å². The Morgan fingerprint density at radius 1 is 0.634 bits per heavy atom. The smallest absolute Gasteiger partial charge is 0.133 e. The predicted octanol–water partition coefficient (Wildman–Crippen LogP) is 5.02. The van der Waals surface area contributed by atoms with Gasteiger partial charge in [-0.25, -0.2) is 0 Å².